The molecule has 2 N–H and O–H groups in total. The molecule has 2 aromatic rings. The Hall–Kier alpha value is -2.33. The summed E-state index contributed by atoms with van der Waals surface area (Å²) in [6.07, 6.45) is 3.30. The van der Waals surface area contributed by atoms with Gasteiger partial charge in [-0.05, 0) is 50.6 Å². The van der Waals surface area contributed by atoms with E-state index in [0.717, 1.165) is 22.6 Å². The van der Waals surface area contributed by atoms with Crippen molar-refractivity contribution in [2.24, 2.45) is 0 Å². The van der Waals surface area contributed by atoms with Gasteiger partial charge in [0.1, 0.15) is 0 Å². The smallest absolute Gasteiger partial charge is 0.244 e. The third-order valence-corrected chi connectivity index (χ3v) is 3.59. The third-order valence-electron chi connectivity index (χ3n) is 3.59. The number of nitrogens with one attached hydrogen (secondary N) is 1. The number of hydrogen-bond acceptors (Lipinski definition) is 2. The molecule has 0 fully saturated rings. The number of hydrogen-bond donors (Lipinski definition) is 2. The Labute approximate surface area is 131 Å². The molecule has 1 amide bonds. The van der Waals surface area contributed by atoms with E-state index in [4.69, 9.17) is 5.11 Å². The summed E-state index contributed by atoms with van der Waals surface area (Å²) in [4.78, 5) is 11.6. The summed E-state index contributed by atoms with van der Waals surface area (Å²) in [6, 6.07) is 10.4. The van der Waals surface area contributed by atoms with E-state index in [1.807, 2.05) is 6.92 Å². The lowest BCUT2D eigenvalue weighted by Crippen LogP contribution is -2.24. The first kappa shape index (κ1) is 16.0. The van der Waals surface area contributed by atoms with Crippen molar-refractivity contribution in [2.45, 2.75) is 20.8 Å². The summed E-state index contributed by atoms with van der Waals surface area (Å²) in [5.74, 6) is -0.200. The number of aryl methyl sites for hydroxylation is 2. The Morgan fingerprint density at radius 3 is 2.55 bits per heavy atom. The molecule has 0 spiro atoms. The van der Waals surface area contributed by atoms with Crippen LogP contribution in [0.2, 0.25) is 0 Å². The van der Waals surface area contributed by atoms with E-state index in [1.54, 1.807) is 6.08 Å². The van der Waals surface area contributed by atoms with E-state index < -0.39 is 0 Å². The molecule has 0 aliphatic carbocycles. The van der Waals surface area contributed by atoms with Crippen molar-refractivity contribution < 1.29 is 9.90 Å². The second-order valence-corrected chi connectivity index (χ2v) is 5.35. The van der Waals surface area contributed by atoms with Crippen LogP contribution in [-0.4, -0.2) is 28.7 Å². The second-order valence-electron chi connectivity index (χ2n) is 5.35. The maximum atomic E-state index is 11.6. The van der Waals surface area contributed by atoms with E-state index in [2.05, 4.69) is 54.1 Å². The molecule has 0 bridgehead atoms. The number of benzene rings is 1. The van der Waals surface area contributed by atoms with Gasteiger partial charge in [-0.2, -0.15) is 0 Å². The first-order valence-electron chi connectivity index (χ1n) is 7.35. The molecule has 22 heavy (non-hydrogen) atoms. The van der Waals surface area contributed by atoms with Crippen LogP contribution < -0.4 is 5.32 Å². The lowest BCUT2D eigenvalue weighted by atomic mass is 10.2. The Morgan fingerprint density at radius 2 is 1.91 bits per heavy atom. The summed E-state index contributed by atoms with van der Waals surface area (Å²) in [7, 11) is 0. The predicted octanol–water partition coefficient (Wildman–Crippen LogP) is 2.52. The van der Waals surface area contributed by atoms with Crippen molar-refractivity contribution in [3.8, 4) is 5.69 Å². The quantitative estimate of drug-likeness (QED) is 0.833. The Kier molecular flexibility index (Phi) is 5.17. The highest BCUT2D eigenvalue weighted by atomic mass is 16.3. The fraction of sp³-hybridized carbons (Fsp3) is 0.278. The van der Waals surface area contributed by atoms with Crippen LogP contribution in [0.3, 0.4) is 0 Å². The van der Waals surface area contributed by atoms with Crippen molar-refractivity contribution >= 4 is 12.0 Å². The van der Waals surface area contributed by atoms with Gasteiger partial charge in [-0.1, -0.05) is 17.7 Å². The van der Waals surface area contributed by atoms with E-state index in [-0.39, 0.29) is 19.1 Å². The van der Waals surface area contributed by atoms with Crippen LogP contribution in [0.1, 0.15) is 22.5 Å². The zero-order chi connectivity index (χ0) is 16.1. The molecule has 1 aromatic carbocycles. The molecule has 0 saturated heterocycles. The molecule has 0 aliphatic rings. The molecule has 116 valence electrons. The summed E-state index contributed by atoms with van der Waals surface area (Å²) in [5, 5.41) is 11.3. The molecule has 1 heterocycles. The van der Waals surface area contributed by atoms with Gasteiger partial charge in [-0.15, -0.1) is 0 Å². The minimum Gasteiger partial charge on any atom is -0.395 e. The molecule has 0 atom stereocenters. The van der Waals surface area contributed by atoms with Crippen molar-refractivity contribution in [3.05, 3.63) is 58.9 Å². The van der Waals surface area contributed by atoms with Crippen LogP contribution >= 0.6 is 0 Å². The number of carbonyl (C=O) groups excluding carboxylic acids is 1. The van der Waals surface area contributed by atoms with Crippen molar-refractivity contribution in [1.82, 2.24) is 9.88 Å². The Balaban J connectivity index is 2.25. The van der Waals surface area contributed by atoms with Gasteiger partial charge in [0.15, 0.2) is 0 Å². The van der Waals surface area contributed by atoms with Crippen LogP contribution in [0.25, 0.3) is 11.8 Å². The summed E-state index contributed by atoms with van der Waals surface area (Å²) >= 11 is 0. The predicted molar refractivity (Wildman–Crippen MR) is 89.1 cm³/mol. The van der Waals surface area contributed by atoms with Crippen molar-refractivity contribution in [2.75, 3.05) is 13.2 Å². The van der Waals surface area contributed by atoms with Gasteiger partial charge in [0, 0.05) is 29.7 Å². The molecular formula is C18H22N2O2. The Bertz CT molecular complexity index is 682. The second kappa shape index (κ2) is 7.09. The van der Waals surface area contributed by atoms with E-state index in [9.17, 15) is 4.79 Å². The van der Waals surface area contributed by atoms with Crippen LogP contribution in [0.5, 0.6) is 0 Å². The maximum absolute atomic E-state index is 11.6. The first-order valence-corrected chi connectivity index (χ1v) is 7.35. The zero-order valence-corrected chi connectivity index (χ0v) is 13.3. The number of rotatable bonds is 5. The molecule has 0 radical (unpaired) electrons. The molecule has 0 unspecified atom stereocenters. The topological polar surface area (TPSA) is 54.3 Å². The summed E-state index contributed by atoms with van der Waals surface area (Å²) in [5.41, 5.74) is 5.57. The summed E-state index contributed by atoms with van der Waals surface area (Å²) in [6.45, 7) is 6.37. The largest absolute Gasteiger partial charge is 0.395 e. The summed E-state index contributed by atoms with van der Waals surface area (Å²) < 4.78 is 2.17. The number of aliphatic hydroxyl groups is 1. The molecule has 0 saturated carbocycles. The molecule has 0 aliphatic heterocycles. The van der Waals surface area contributed by atoms with E-state index in [1.165, 1.54) is 11.6 Å². The lowest BCUT2D eigenvalue weighted by molar-refractivity contribution is -0.116. The highest BCUT2D eigenvalue weighted by Gasteiger charge is 2.09. The zero-order valence-electron chi connectivity index (χ0n) is 13.3. The van der Waals surface area contributed by atoms with Gasteiger partial charge >= 0.3 is 0 Å². The van der Waals surface area contributed by atoms with E-state index in [0.29, 0.717) is 0 Å². The molecule has 1 aromatic heterocycles. The van der Waals surface area contributed by atoms with Gasteiger partial charge in [0.2, 0.25) is 5.91 Å². The first-order chi connectivity index (χ1) is 10.5. The number of carbonyl (C=O) groups is 1. The van der Waals surface area contributed by atoms with Crippen LogP contribution in [0, 0.1) is 20.8 Å². The van der Waals surface area contributed by atoms with Crippen LogP contribution in [0.15, 0.2) is 36.4 Å². The van der Waals surface area contributed by atoms with Crippen molar-refractivity contribution in [1.29, 1.82) is 0 Å². The minimum atomic E-state index is -0.200. The molecular weight excluding hydrogens is 276 g/mol. The van der Waals surface area contributed by atoms with Gasteiger partial charge in [0.25, 0.3) is 0 Å². The maximum Gasteiger partial charge on any atom is 0.244 e. The van der Waals surface area contributed by atoms with Gasteiger partial charge < -0.3 is 15.0 Å². The van der Waals surface area contributed by atoms with E-state index >= 15 is 0 Å². The third kappa shape index (κ3) is 3.65. The number of nitrogens with zero attached hydrogens (tertiary/aromatic N) is 1. The highest BCUT2D eigenvalue weighted by molar-refractivity contribution is 5.91. The Morgan fingerprint density at radius 1 is 1.23 bits per heavy atom. The number of aromatic nitrogens is 1. The minimum absolute atomic E-state index is 0.0541. The normalized spacial score (nSPS) is 11.1. The lowest BCUT2D eigenvalue weighted by Gasteiger charge is -2.09. The average molecular weight is 298 g/mol. The molecule has 4 heteroatoms. The number of amides is 1. The number of aliphatic hydroxyl groups excluding tert-OH is 1. The van der Waals surface area contributed by atoms with Crippen LogP contribution in [-0.2, 0) is 4.79 Å². The van der Waals surface area contributed by atoms with Crippen molar-refractivity contribution in [3.63, 3.8) is 0 Å². The standard InChI is InChI=1S/C18H22N2O2/c1-13-4-7-17(8-5-13)20-14(2)12-16(15(20)3)6-9-18(22)19-10-11-21/h4-9,12,21H,10-11H2,1-3H3,(H,19,22)/b9-6+. The van der Waals surface area contributed by atoms with Gasteiger partial charge in [0.05, 0.1) is 6.61 Å². The fourth-order valence-corrected chi connectivity index (χ4v) is 2.45. The van der Waals surface area contributed by atoms with Crippen LogP contribution in [0.4, 0.5) is 0 Å². The van der Waals surface area contributed by atoms with Gasteiger partial charge in [-0.3, -0.25) is 4.79 Å². The average Bonchev–Trinajstić information content (AvgIpc) is 2.78. The SMILES string of the molecule is Cc1ccc(-n2c(C)cc(/C=C/C(=O)NCCO)c2C)cc1. The monoisotopic (exact) mass is 298 g/mol. The van der Waals surface area contributed by atoms with Gasteiger partial charge in [-0.25, -0.2) is 0 Å². The fourth-order valence-electron chi connectivity index (χ4n) is 2.45. The molecule has 2 rings (SSSR count). The molecule has 4 nitrogen and oxygen atoms in total. The highest BCUT2D eigenvalue weighted by Crippen LogP contribution is 2.22.